The van der Waals surface area contributed by atoms with Crippen molar-refractivity contribution in [2.24, 2.45) is 4.99 Å². The number of nitro groups is 1. The van der Waals surface area contributed by atoms with Crippen molar-refractivity contribution in [2.75, 3.05) is 10.2 Å². The Hall–Kier alpha value is -3.48. The number of benzene rings is 2. The van der Waals surface area contributed by atoms with Crippen LogP contribution in [0.1, 0.15) is 25.3 Å². The number of nitrogens with one attached hydrogen (secondary N) is 1. The lowest BCUT2D eigenvalue weighted by Gasteiger charge is -2.26. The van der Waals surface area contributed by atoms with Crippen molar-refractivity contribution in [3.05, 3.63) is 76.0 Å². The highest BCUT2D eigenvalue weighted by Crippen LogP contribution is 2.36. The maximum atomic E-state index is 13.2. The van der Waals surface area contributed by atoms with E-state index >= 15 is 0 Å². The molecule has 2 aromatic rings. The van der Waals surface area contributed by atoms with Gasteiger partial charge in [-0.2, -0.15) is 0 Å². The van der Waals surface area contributed by atoms with Crippen molar-refractivity contribution in [3.63, 3.8) is 0 Å². The Bertz CT molecular complexity index is 1010. The van der Waals surface area contributed by atoms with Gasteiger partial charge in [0, 0.05) is 36.5 Å². The van der Waals surface area contributed by atoms with Crippen molar-refractivity contribution < 1.29 is 9.72 Å². The number of para-hydroxylation sites is 3. The van der Waals surface area contributed by atoms with Gasteiger partial charge in [0.1, 0.15) is 5.69 Å². The molecule has 1 unspecified atom stereocenters. The second-order valence-corrected chi connectivity index (χ2v) is 6.86. The van der Waals surface area contributed by atoms with Crippen molar-refractivity contribution in [1.29, 1.82) is 0 Å². The van der Waals surface area contributed by atoms with Gasteiger partial charge in [-0.1, -0.05) is 37.3 Å². The third kappa shape index (κ3) is 3.15. The van der Waals surface area contributed by atoms with Crippen LogP contribution in [0.25, 0.3) is 0 Å². The summed E-state index contributed by atoms with van der Waals surface area (Å²) < 4.78 is 0. The lowest BCUT2D eigenvalue weighted by Crippen LogP contribution is -2.45. The molecule has 2 aromatic carbocycles. The summed E-state index contributed by atoms with van der Waals surface area (Å²) in [6.45, 7) is 2.09. The number of hydrogen-bond acceptors (Lipinski definition) is 4. The van der Waals surface area contributed by atoms with Crippen LogP contribution < -0.4 is 10.2 Å². The number of carbonyl (C=O) groups excluding carboxylic acids is 1. The molecule has 0 aliphatic carbocycles. The largest absolute Gasteiger partial charge is 0.327 e. The Balaban J connectivity index is 1.65. The average molecular weight is 376 g/mol. The number of allylic oxidation sites excluding steroid dienone is 1. The van der Waals surface area contributed by atoms with E-state index in [0.29, 0.717) is 6.42 Å². The molecule has 4 rings (SSSR count). The zero-order chi connectivity index (χ0) is 19.7. The van der Waals surface area contributed by atoms with Gasteiger partial charge in [0.05, 0.1) is 11.0 Å². The molecule has 0 saturated carbocycles. The van der Waals surface area contributed by atoms with Crippen LogP contribution >= 0.6 is 0 Å². The summed E-state index contributed by atoms with van der Waals surface area (Å²) >= 11 is 0. The number of anilines is 2. The monoisotopic (exact) mass is 376 g/mol. The van der Waals surface area contributed by atoms with Gasteiger partial charge in [-0.3, -0.25) is 20.0 Å². The second kappa shape index (κ2) is 7.26. The van der Waals surface area contributed by atoms with E-state index in [1.165, 1.54) is 17.7 Å². The highest BCUT2D eigenvalue weighted by Gasteiger charge is 2.38. The Morgan fingerprint density at radius 2 is 2.00 bits per heavy atom. The minimum atomic E-state index is -0.497. The van der Waals surface area contributed by atoms with E-state index in [1.807, 2.05) is 30.5 Å². The van der Waals surface area contributed by atoms with Crippen molar-refractivity contribution in [1.82, 2.24) is 0 Å². The zero-order valence-electron chi connectivity index (χ0n) is 15.5. The molecular weight excluding hydrogens is 356 g/mol. The molecule has 7 nitrogen and oxygen atoms in total. The minimum absolute atomic E-state index is 0.131. The van der Waals surface area contributed by atoms with Gasteiger partial charge in [-0.05, 0) is 29.7 Å². The summed E-state index contributed by atoms with van der Waals surface area (Å²) in [6.07, 6.45) is 4.25. The number of carbonyl (C=O) groups is 1. The first kappa shape index (κ1) is 17.9. The van der Waals surface area contributed by atoms with Crippen molar-refractivity contribution in [3.8, 4) is 0 Å². The van der Waals surface area contributed by atoms with E-state index in [9.17, 15) is 14.9 Å². The highest BCUT2D eigenvalue weighted by molar-refractivity contribution is 6.11. The predicted octanol–water partition coefficient (Wildman–Crippen LogP) is 4.70. The van der Waals surface area contributed by atoms with Gasteiger partial charge in [0.25, 0.3) is 5.69 Å². The molecule has 0 aromatic heterocycles. The van der Waals surface area contributed by atoms with Crippen LogP contribution in [-0.4, -0.2) is 22.7 Å². The maximum absolute atomic E-state index is 13.2. The highest BCUT2D eigenvalue weighted by atomic mass is 16.6. The van der Waals surface area contributed by atoms with E-state index in [0.717, 1.165) is 29.8 Å². The number of urea groups is 1. The van der Waals surface area contributed by atoms with Gasteiger partial charge in [-0.25, -0.2) is 4.79 Å². The standard InChI is InChI=1S/C21H20N4O3/c1-2-14-11-17(22-13-14)20-12-15-7-3-5-9-18(15)24(20)21(26)23-16-8-4-6-10-19(16)25(27)28/h3-10,13,20H,2,11-12H2,1H3,(H,23,26). The number of amides is 2. The number of hydrogen-bond donors (Lipinski definition) is 1. The topological polar surface area (TPSA) is 87.8 Å². The summed E-state index contributed by atoms with van der Waals surface area (Å²) in [7, 11) is 0. The molecule has 28 heavy (non-hydrogen) atoms. The normalized spacial score (nSPS) is 17.8. The minimum Gasteiger partial charge on any atom is -0.302 e. The van der Waals surface area contributed by atoms with E-state index in [4.69, 9.17) is 0 Å². The Labute approximate surface area is 162 Å². The van der Waals surface area contributed by atoms with E-state index in [-0.39, 0.29) is 17.4 Å². The van der Waals surface area contributed by atoms with Crippen LogP contribution in [0.5, 0.6) is 0 Å². The van der Waals surface area contributed by atoms with Crippen LogP contribution in [0, 0.1) is 10.1 Å². The second-order valence-electron chi connectivity index (χ2n) is 6.86. The van der Waals surface area contributed by atoms with E-state index < -0.39 is 11.0 Å². The first-order chi connectivity index (χ1) is 13.6. The number of nitro benzene ring substituents is 1. The SMILES string of the molecule is CCC1=CN=C(C2Cc3ccccc3N2C(=O)Nc2ccccc2[N+](=O)[O-])C1. The molecule has 1 atom stereocenters. The summed E-state index contributed by atoms with van der Waals surface area (Å²) in [6, 6.07) is 13.3. The molecule has 0 saturated heterocycles. The lowest BCUT2D eigenvalue weighted by molar-refractivity contribution is -0.383. The van der Waals surface area contributed by atoms with Crippen molar-refractivity contribution in [2.45, 2.75) is 32.2 Å². The van der Waals surface area contributed by atoms with Gasteiger partial charge >= 0.3 is 6.03 Å². The summed E-state index contributed by atoms with van der Waals surface area (Å²) in [4.78, 5) is 30.2. The number of fused-ring (bicyclic) bond motifs is 1. The average Bonchev–Trinajstić information content (AvgIpc) is 3.32. The van der Waals surface area contributed by atoms with Crippen LogP contribution in [0.2, 0.25) is 0 Å². The Kier molecular flexibility index (Phi) is 4.65. The maximum Gasteiger partial charge on any atom is 0.327 e. The fourth-order valence-corrected chi connectivity index (χ4v) is 3.74. The Morgan fingerprint density at radius 3 is 2.75 bits per heavy atom. The molecule has 2 amide bonds. The van der Waals surface area contributed by atoms with Crippen LogP contribution in [0.4, 0.5) is 21.9 Å². The number of rotatable bonds is 4. The molecular formula is C21H20N4O3. The third-order valence-corrected chi connectivity index (χ3v) is 5.20. The van der Waals surface area contributed by atoms with Crippen LogP contribution in [0.3, 0.4) is 0 Å². The molecule has 0 bridgehead atoms. The summed E-state index contributed by atoms with van der Waals surface area (Å²) in [5.74, 6) is 0. The first-order valence-electron chi connectivity index (χ1n) is 9.24. The Morgan fingerprint density at radius 1 is 1.25 bits per heavy atom. The third-order valence-electron chi connectivity index (χ3n) is 5.20. The molecule has 2 aliphatic rings. The smallest absolute Gasteiger partial charge is 0.302 e. The van der Waals surface area contributed by atoms with Gasteiger partial charge in [-0.15, -0.1) is 0 Å². The molecule has 142 valence electrons. The summed E-state index contributed by atoms with van der Waals surface area (Å²) in [5, 5.41) is 14.0. The molecule has 0 radical (unpaired) electrons. The van der Waals surface area contributed by atoms with Crippen LogP contribution in [0.15, 0.2) is 65.3 Å². The molecule has 2 heterocycles. The molecule has 0 spiro atoms. The van der Waals surface area contributed by atoms with Crippen LogP contribution in [-0.2, 0) is 6.42 Å². The van der Waals surface area contributed by atoms with E-state index in [2.05, 4.69) is 17.2 Å². The van der Waals surface area contributed by atoms with Gasteiger partial charge in [0.15, 0.2) is 0 Å². The molecule has 1 N–H and O–H groups in total. The fourth-order valence-electron chi connectivity index (χ4n) is 3.74. The van der Waals surface area contributed by atoms with Gasteiger partial charge in [0.2, 0.25) is 0 Å². The zero-order valence-corrected chi connectivity index (χ0v) is 15.5. The van der Waals surface area contributed by atoms with Crippen molar-refractivity contribution >= 4 is 28.8 Å². The first-order valence-corrected chi connectivity index (χ1v) is 9.24. The quantitative estimate of drug-likeness (QED) is 0.620. The predicted molar refractivity (Wildman–Crippen MR) is 109 cm³/mol. The number of aliphatic imine (C=N–C) groups is 1. The number of nitrogens with zero attached hydrogens (tertiary/aromatic N) is 3. The molecule has 7 heteroatoms. The molecule has 0 fully saturated rings. The fraction of sp³-hybridized carbons (Fsp3) is 0.238. The van der Waals surface area contributed by atoms with Gasteiger partial charge < -0.3 is 5.32 Å². The summed E-state index contributed by atoms with van der Waals surface area (Å²) in [5.41, 5.74) is 4.12. The lowest BCUT2D eigenvalue weighted by atomic mass is 10.0. The molecule has 2 aliphatic heterocycles. The van der Waals surface area contributed by atoms with E-state index in [1.54, 1.807) is 17.0 Å².